The third-order valence-electron chi connectivity index (χ3n) is 2.58. The number of allylic oxidation sites excluding steroid dienone is 1. The van der Waals surface area contributed by atoms with E-state index >= 15 is 0 Å². The van der Waals surface area contributed by atoms with Crippen LogP contribution >= 0.6 is 11.8 Å². The van der Waals surface area contributed by atoms with E-state index in [1.165, 1.54) is 17.3 Å². The molecule has 2 heterocycles. The second-order valence-corrected chi connectivity index (χ2v) is 4.86. The largest absolute Gasteiger partial charge is 0.351 e. The maximum atomic E-state index is 10.9. The van der Waals surface area contributed by atoms with E-state index in [0.717, 1.165) is 17.8 Å². The van der Waals surface area contributed by atoms with Gasteiger partial charge in [0, 0.05) is 18.0 Å². The highest BCUT2D eigenvalue weighted by atomic mass is 32.2. The molecular formula is C12H10N4OS. The van der Waals surface area contributed by atoms with Gasteiger partial charge in [-0.1, -0.05) is 30.0 Å². The normalized spacial score (nSPS) is 19.2. The van der Waals surface area contributed by atoms with E-state index < -0.39 is 0 Å². The molecule has 1 aromatic carbocycles. The zero-order chi connectivity index (χ0) is 12.4. The number of hydrogen-bond donors (Lipinski definition) is 2. The van der Waals surface area contributed by atoms with Gasteiger partial charge in [-0.05, 0) is 11.6 Å². The summed E-state index contributed by atoms with van der Waals surface area (Å²) in [6.07, 6.45) is 0.782. The minimum Gasteiger partial charge on any atom is -0.351 e. The number of rotatable bonds is 1. The quantitative estimate of drug-likeness (QED) is 0.590. The van der Waals surface area contributed by atoms with E-state index in [1.807, 2.05) is 18.2 Å². The van der Waals surface area contributed by atoms with Crippen LogP contribution in [-0.4, -0.2) is 22.7 Å². The van der Waals surface area contributed by atoms with Crippen LogP contribution in [0.3, 0.4) is 0 Å². The van der Waals surface area contributed by atoms with E-state index in [2.05, 4.69) is 32.8 Å². The van der Waals surface area contributed by atoms with E-state index in [1.54, 1.807) is 0 Å². The van der Waals surface area contributed by atoms with Crippen molar-refractivity contribution in [1.82, 2.24) is 5.32 Å². The summed E-state index contributed by atoms with van der Waals surface area (Å²) in [5.41, 5.74) is 3.20. The number of nitrogens with zero attached hydrogens (tertiary/aromatic N) is 2. The molecule has 1 fully saturated rings. The van der Waals surface area contributed by atoms with Gasteiger partial charge in [-0.2, -0.15) is 0 Å². The highest BCUT2D eigenvalue weighted by molar-refractivity contribution is 8.15. The molecule has 2 aliphatic rings. The van der Waals surface area contributed by atoms with Crippen molar-refractivity contribution in [2.75, 3.05) is 11.1 Å². The van der Waals surface area contributed by atoms with E-state index in [4.69, 9.17) is 0 Å². The second kappa shape index (κ2) is 4.68. The van der Waals surface area contributed by atoms with Crippen molar-refractivity contribution in [3.8, 4) is 0 Å². The summed E-state index contributed by atoms with van der Waals surface area (Å²) in [5, 5.41) is 14.1. The fourth-order valence-corrected chi connectivity index (χ4v) is 2.40. The van der Waals surface area contributed by atoms with Crippen molar-refractivity contribution in [3.63, 3.8) is 0 Å². The highest BCUT2D eigenvalue weighted by Crippen LogP contribution is 2.25. The molecule has 0 saturated carbocycles. The first kappa shape index (κ1) is 11.1. The van der Waals surface area contributed by atoms with Crippen molar-refractivity contribution in [2.24, 2.45) is 10.2 Å². The molecule has 0 aromatic heterocycles. The number of carbonyl (C=O) groups is 1. The molecule has 18 heavy (non-hydrogen) atoms. The Morgan fingerprint density at radius 3 is 2.94 bits per heavy atom. The Morgan fingerprint density at radius 2 is 2.17 bits per heavy atom. The first-order chi connectivity index (χ1) is 8.81. The third kappa shape index (κ3) is 2.30. The summed E-state index contributed by atoms with van der Waals surface area (Å²) in [6, 6.07) is 8.07. The average Bonchev–Trinajstić information content (AvgIpc) is 2.95. The number of nitrogens with one attached hydrogen (secondary N) is 2. The van der Waals surface area contributed by atoms with Crippen LogP contribution in [0.1, 0.15) is 5.56 Å². The minimum atomic E-state index is -0.0343. The summed E-state index contributed by atoms with van der Waals surface area (Å²) in [6.45, 7) is 0. The Labute approximate surface area is 108 Å². The van der Waals surface area contributed by atoms with Crippen LogP contribution in [0.5, 0.6) is 0 Å². The third-order valence-corrected chi connectivity index (χ3v) is 3.45. The van der Waals surface area contributed by atoms with Crippen LogP contribution in [0.25, 0.3) is 0 Å². The van der Waals surface area contributed by atoms with Gasteiger partial charge in [0.15, 0.2) is 5.17 Å². The van der Waals surface area contributed by atoms with E-state index in [0.29, 0.717) is 10.9 Å². The SMILES string of the molecule is O=C1CSC(=NN=C=C2Cc3ccccc3N2)N1. The fourth-order valence-electron chi connectivity index (χ4n) is 1.77. The first-order valence-corrected chi connectivity index (χ1v) is 6.47. The molecule has 0 spiro atoms. The van der Waals surface area contributed by atoms with Gasteiger partial charge in [0.25, 0.3) is 0 Å². The summed E-state index contributed by atoms with van der Waals surface area (Å²) >= 11 is 1.35. The predicted octanol–water partition coefficient (Wildman–Crippen LogP) is 1.34. The molecule has 0 atom stereocenters. The van der Waals surface area contributed by atoms with Gasteiger partial charge in [0.05, 0.1) is 11.4 Å². The van der Waals surface area contributed by atoms with Crippen LogP contribution in [0.15, 0.2) is 40.2 Å². The zero-order valence-corrected chi connectivity index (χ0v) is 10.3. The van der Waals surface area contributed by atoms with Crippen molar-refractivity contribution in [1.29, 1.82) is 0 Å². The Bertz CT molecular complexity index is 575. The molecule has 3 rings (SSSR count). The van der Waals surface area contributed by atoms with Gasteiger partial charge < -0.3 is 10.6 Å². The second-order valence-electron chi connectivity index (χ2n) is 3.89. The lowest BCUT2D eigenvalue weighted by atomic mass is 10.1. The summed E-state index contributed by atoms with van der Waals surface area (Å²) in [7, 11) is 0. The minimum absolute atomic E-state index is 0.0343. The van der Waals surface area contributed by atoms with Gasteiger partial charge >= 0.3 is 0 Å². The topological polar surface area (TPSA) is 65.8 Å². The summed E-state index contributed by atoms with van der Waals surface area (Å²) in [4.78, 5) is 10.9. The molecule has 2 N–H and O–H groups in total. The van der Waals surface area contributed by atoms with Crippen LogP contribution in [0.4, 0.5) is 5.69 Å². The average molecular weight is 258 g/mol. The smallest absolute Gasteiger partial charge is 0.236 e. The molecular weight excluding hydrogens is 248 g/mol. The molecule has 6 heteroatoms. The Hall–Kier alpha value is -2.04. The van der Waals surface area contributed by atoms with E-state index in [-0.39, 0.29) is 5.91 Å². The summed E-state index contributed by atoms with van der Waals surface area (Å²) < 4.78 is 0. The van der Waals surface area contributed by atoms with Gasteiger partial charge in [-0.25, -0.2) is 0 Å². The Morgan fingerprint density at radius 1 is 1.28 bits per heavy atom. The lowest BCUT2D eigenvalue weighted by Gasteiger charge is -1.94. The maximum absolute atomic E-state index is 10.9. The lowest BCUT2D eigenvalue weighted by Crippen LogP contribution is -2.19. The number of fused-ring (bicyclic) bond motifs is 1. The number of hydrogen-bond acceptors (Lipinski definition) is 5. The Kier molecular flexibility index (Phi) is 2.88. The number of benzene rings is 1. The first-order valence-electron chi connectivity index (χ1n) is 5.48. The fraction of sp³-hybridized carbons (Fsp3) is 0.167. The maximum Gasteiger partial charge on any atom is 0.236 e. The molecule has 5 nitrogen and oxygen atoms in total. The van der Waals surface area contributed by atoms with Gasteiger partial charge in [0.1, 0.15) is 0 Å². The van der Waals surface area contributed by atoms with Gasteiger partial charge in [-0.15, -0.1) is 10.2 Å². The van der Waals surface area contributed by atoms with Gasteiger partial charge in [0.2, 0.25) is 5.91 Å². The van der Waals surface area contributed by atoms with Crippen molar-refractivity contribution < 1.29 is 4.79 Å². The standard InChI is InChI=1S/C12H10N4OS/c17-11-7-18-12(15-11)16-13-6-9-5-8-3-1-2-4-10(8)14-9/h1-4,14H,5,7H2,(H,15,16,17). The van der Waals surface area contributed by atoms with Crippen LogP contribution in [0.2, 0.25) is 0 Å². The number of thioether (sulfide) groups is 1. The number of anilines is 1. The van der Waals surface area contributed by atoms with Crippen LogP contribution < -0.4 is 10.6 Å². The highest BCUT2D eigenvalue weighted by Gasteiger charge is 2.16. The number of para-hydroxylation sites is 1. The number of amides is 1. The van der Waals surface area contributed by atoms with Crippen molar-refractivity contribution >= 4 is 34.4 Å². The molecule has 1 amide bonds. The molecule has 1 aromatic rings. The van der Waals surface area contributed by atoms with Crippen LogP contribution in [0, 0.1) is 0 Å². The molecule has 0 unspecified atom stereocenters. The lowest BCUT2D eigenvalue weighted by molar-refractivity contribution is -0.116. The molecule has 0 radical (unpaired) electrons. The number of carbonyl (C=O) groups excluding carboxylic acids is 1. The van der Waals surface area contributed by atoms with Crippen LogP contribution in [-0.2, 0) is 11.2 Å². The molecule has 90 valence electrons. The molecule has 0 bridgehead atoms. The molecule has 2 aliphatic heterocycles. The Balaban J connectivity index is 1.74. The van der Waals surface area contributed by atoms with E-state index in [9.17, 15) is 4.79 Å². The number of amidine groups is 1. The monoisotopic (exact) mass is 258 g/mol. The van der Waals surface area contributed by atoms with Crippen molar-refractivity contribution in [2.45, 2.75) is 6.42 Å². The van der Waals surface area contributed by atoms with Crippen molar-refractivity contribution in [3.05, 3.63) is 35.5 Å². The molecule has 1 saturated heterocycles. The predicted molar refractivity (Wildman–Crippen MR) is 72.8 cm³/mol. The van der Waals surface area contributed by atoms with Gasteiger partial charge in [-0.3, -0.25) is 4.79 Å². The zero-order valence-electron chi connectivity index (χ0n) is 9.43. The summed E-state index contributed by atoms with van der Waals surface area (Å²) in [5.74, 6) is 3.23. The molecule has 0 aliphatic carbocycles.